The van der Waals surface area contributed by atoms with Crippen LogP contribution in [0.4, 0.5) is 0 Å². The second kappa shape index (κ2) is 23.8. The van der Waals surface area contributed by atoms with E-state index in [0.29, 0.717) is 31.6 Å². The van der Waals surface area contributed by atoms with Gasteiger partial charge in [0.15, 0.2) is 24.8 Å². The van der Waals surface area contributed by atoms with E-state index in [0.717, 1.165) is 89.1 Å². The molecule has 0 aliphatic carbocycles. The molecule has 0 atom stereocenters. The van der Waals surface area contributed by atoms with E-state index >= 15 is 0 Å². The van der Waals surface area contributed by atoms with E-state index in [1.807, 2.05) is 85.5 Å². The average molecular weight is 772 g/mol. The van der Waals surface area contributed by atoms with Gasteiger partial charge >= 0.3 is 0 Å². The summed E-state index contributed by atoms with van der Waals surface area (Å²) in [6, 6.07) is 19.7. The van der Waals surface area contributed by atoms with E-state index in [2.05, 4.69) is 38.7 Å². The molecule has 0 unspecified atom stereocenters. The number of hydrogen-bond acceptors (Lipinski definition) is 8. The number of benzene rings is 2. The molecule has 4 rings (SSSR count). The Morgan fingerprint density at radius 3 is 1.57 bits per heavy atom. The lowest BCUT2D eigenvalue weighted by molar-refractivity contribution is -0.697. The fourth-order valence-corrected chi connectivity index (χ4v) is 7.54. The third kappa shape index (κ3) is 14.9. The molecule has 2 aromatic heterocycles. The van der Waals surface area contributed by atoms with Crippen LogP contribution in [-0.2, 0) is 22.7 Å². The van der Waals surface area contributed by atoms with E-state index < -0.39 is 0 Å². The minimum absolute atomic E-state index is 0.0787. The number of nitrogens with zero attached hydrogens (tertiary/aromatic N) is 2. The molecule has 0 radical (unpaired) electrons. The minimum Gasteiger partial charge on any atom is -0.497 e. The number of rotatable bonds is 24. The fourth-order valence-electron chi connectivity index (χ4n) is 5.54. The molecule has 1 amide bonds. The Labute approximate surface area is 328 Å². The van der Waals surface area contributed by atoms with E-state index in [-0.39, 0.29) is 5.91 Å². The molecule has 2 aromatic carbocycles. The van der Waals surface area contributed by atoms with Gasteiger partial charge in [0.2, 0.25) is 5.91 Å². The Hall–Kier alpha value is -4.74. The third-order valence-electron chi connectivity index (χ3n) is 8.58. The van der Waals surface area contributed by atoms with Crippen LogP contribution in [0.25, 0.3) is 24.3 Å². The van der Waals surface area contributed by atoms with Gasteiger partial charge in [0.25, 0.3) is 0 Å². The predicted molar refractivity (Wildman–Crippen MR) is 221 cm³/mol. The summed E-state index contributed by atoms with van der Waals surface area (Å²) in [5.41, 5.74) is 4.05. The summed E-state index contributed by atoms with van der Waals surface area (Å²) in [5.74, 6) is 5.31. The van der Waals surface area contributed by atoms with Crippen LogP contribution in [0, 0.1) is 0 Å². The maximum atomic E-state index is 12.4. The summed E-state index contributed by atoms with van der Waals surface area (Å²) in [5, 5.41) is 3.02. The van der Waals surface area contributed by atoms with Crippen molar-refractivity contribution in [1.82, 2.24) is 5.32 Å². The minimum atomic E-state index is 0.0787. The van der Waals surface area contributed by atoms with Crippen LogP contribution in [0.2, 0.25) is 0 Å². The molecular weight excluding hydrogens is 719 g/mol. The van der Waals surface area contributed by atoms with Crippen molar-refractivity contribution >= 4 is 57.6 Å². The Morgan fingerprint density at radius 2 is 1.07 bits per heavy atom. The highest BCUT2D eigenvalue weighted by Gasteiger charge is 2.08. The first-order valence-corrected chi connectivity index (χ1v) is 20.7. The van der Waals surface area contributed by atoms with E-state index in [4.69, 9.17) is 18.9 Å². The average Bonchev–Trinajstić information content (AvgIpc) is 3.20. The molecular formula is C43H53N3O6S2+2. The normalized spacial score (nSPS) is 11.2. The number of carbonyl (C=O) groups is 2. The first kappa shape index (κ1) is 42.0. The number of pyridine rings is 2. The molecule has 54 heavy (non-hydrogen) atoms. The van der Waals surface area contributed by atoms with E-state index in [1.54, 1.807) is 50.0 Å². The van der Waals surface area contributed by atoms with Gasteiger partial charge < -0.3 is 24.3 Å². The zero-order chi connectivity index (χ0) is 38.4. The lowest BCUT2D eigenvalue weighted by Gasteiger charge is -2.07. The van der Waals surface area contributed by atoms with Crippen molar-refractivity contribution in [3.63, 3.8) is 0 Å². The Morgan fingerprint density at radius 1 is 0.593 bits per heavy atom. The Kier molecular flexibility index (Phi) is 18.5. The van der Waals surface area contributed by atoms with Crippen LogP contribution >= 0.6 is 21.6 Å². The summed E-state index contributed by atoms with van der Waals surface area (Å²) in [7, 11) is 10.1. The van der Waals surface area contributed by atoms with Crippen molar-refractivity contribution in [3.05, 3.63) is 108 Å². The summed E-state index contributed by atoms with van der Waals surface area (Å²) in [6.45, 7) is 2.23. The highest BCUT2D eigenvalue weighted by Crippen LogP contribution is 2.27. The van der Waals surface area contributed by atoms with Gasteiger partial charge in [0.05, 0.1) is 28.4 Å². The Balaban J connectivity index is 0.993. The predicted octanol–water partition coefficient (Wildman–Crippen LogP) is 7.74. The molecule has 1 N–H and O–H groups in total. The van der Waals surface area contributed by atoms with E-state index in [1.165, 1.54) is 0 Å². The fraction of sp³-hybridized carbons (Fsp3) is 0.349. The number of ether oxygens (including phenoxy) is 4. The van der Waals surface area contributed by atoms with Crippen LogP contribution in [0.3, 0.4) is 0 Å². The van der Waals surface area contributed by atoms with Gasteiger partial charge in [-0.3, -0.25) is 9.59 Å². The largest absolute Gasteiger partial charge is 0.497 e. The van der Waals surface area contributed by atoms with Crippen LogP contribution in [0.5, 0.6) is 23.0 Å². The second-order valence-electron chi connectivity index (χ2n) is 12.5. The highest BCUT2D eigenvalue weighted by molar-refractivity contribution is 8.76. The number of methoxy groups -OCH3 is 4. The van der Waals surface area contributed by atoms with Crippen LogP contribution in [0.15, 0.2) is 85.5 Å². The van der Waals surface area contributed by atoms with Crippen molar-refractivity contribution in [2.45, 2.75) is 51.6 Å². The van der Waals surface area contributed by atoms with Crippen molar-refractivity contribution in [2.75, 3.05) is 46.5 Å². The zero-order valence-corrected chi connectivity index (χ0v) is 33.5. The van der Waals surface area contributed by atoms with Gasteiger partial charge in [-0.05, 0) is 53.9 Å². The Bertz CT molecular complexity index is 1680. The van der Waals surface area contributed by atoms with Crippen molar-refractivity contribution in [1.29, 1.82) is 0 Å². The number of ketones is 1. The first-order chi connectivity index (χ1) is 26.4. The molecule has 0 aliphatic rings. The lowest BCUT2D eigenvalue weighted by Crippen LogP contribution is -2.34. The molecule has 11 heteroatoms. The molecule has 0 saturated carbocycles. The number of amides is 1. The molecule has 0 spiro atoms. The van der Waals surface area contributed by atoms with Gasteiger partial charge in [-0.15, -0.1) is 0 Å². The first-order valence-electron chi connectivity index (χ1n) is 18.2. The molecule has 4 aromatic rings. The summed E-state index contributed by atoms with van der Waals surface area (Å²) >= 11 is 0. The number of hydrogen-bond donors (Lipinski definition) is 1. The quantitative estimate of drug-likeness (QED) is 0.0440. The maximum absolute atomic E-state index is 12.4. The van der Waals surface area contributed by atoms with Gasteiger partial charge in [-0.2, -0.15) is 0 Å². The van der Waals surface area contributed by atoms with Gasteiger partial charge in [0, 0.05) is 85.5 Å². The lowest BCUT2D eigenvalue weighted by atomic mass is 10.1. The number of aryl methyl sites for hydroxylation is 2. The van der Waals surface area contributed by atoms with Gasteiger partial charge in [-0.1, -0.05) is 45.9 Å². The topological polar surface area (TPSA) is 90.8 Å². The number of Topliss-reactive ketones (excluding diaryl/α,β-unsaturated/α-hetero) is 1. The van der Waals surface area contributed by atoms with Gasteiger partial charge in [-0.25, -0.2) is 9.13 Å². The molecule has 9 nitrogen and oxygen atoms in total. The van der Waals surface area contributed by atoms with E-state index in [9.17, 15) is 9.59 Å². The molecule has 0 bridgehead atoms. The van der Waals surface area contributed by atoms with Crippen molar-refractivity contribution in [2.24, 2.45) is 0 Å². The SMILES string of the molecule is COc1ccc(OC)c(/C=C/c2cc[n+](CCCC(=O)CCCSSCCNC(=O)CCC[n+]3ccc(/C=C/c4cc(OC)ccc4OC)cc3)cc2)c1. The molecule has 2 heterocycles. The molecule has 0 fully saturated rings. The molecule has 0 aliphatic heterocycles. The highest BCUT2D eigenvalue weighted by atomic mass is 33.1. The van der Waals surface area contributed by atoms with Gasteiger partial charge in [0.1, 0.15) is 41.9 Å². The number of nitrogens with one attached hydrogen (secondary N) is 1. The third-order valence-corrected chi connectivity index (χ3v) is 11.1. The zero-order valence-electron chi connectivity index (χ0n) is 31.8. The number of carbonyl (C=O) groups excluding carboxylic acids is 2. The molecule has 0 saturated heterocycles. The standard InChI is InChI=1S/C43H52N3O6S2/c1-49-39-15-17-41(51-3)36(32-39)13-11-34-19-26-45(27-20-34)24-5-8-38(47)9-7-30-53-54-31-23-44-43(48)10-6-25-46-28-21-35(22-29-46)12-14-37-33-40(50-2)16-18-42(37)52-4/h11-22,26-29,32-33H,5-10,23-25,30-31H2,1-4H3/q+1/p+1/b13-11+,14-12+. The summed E-state index contributed by atoms with van der Waals surface area (Å²) < 4.78 is 25.8. The summed E-state index contributed by atoms with van der Waals surface area (Å²) in [6.07, 6.45) is 20.4. The van der Waals surface area contributed by atoms with Crippen molar-refractivity contribution in [3.8, 4) is 23.0 Å². The van der Waals surface area contributed by atoms with Crippen LogP contribution in [-0.4, -0.2) is 58.2 Å². The monoisotopic (exact) mass is 771 g/mol. The smallest absolute Gasteiger partial charge is 0.220 e. The van der Waals surface area contributed by atoms with Crippen LogP contribution in [0.1, 0.15) is 60.8 Å². The summed E-state index contributed by atoms with van der Waals surface area (Å²) in [4.78, 5) is 24.7. The second-order valence-corrected chi connectivity index (χ2v) is 15.2. The molecule has 286 valence electrons. The number of aromatic nitrogens is 2. The van der Waals surface area contributed by atoms with Crippen LogP contribution < -0.4 is 33.4 Å². The maximum Gasteiger partial charge on any atom is 0.220 e. The van der Waals surface area contributed by atoms with Crippen molar-refractivity contribution < 1.29 is 37.7 Å².